The molecule has 0 fully saturated rings. The molecule has 1 radical (unpaired) electrons. The van der Waals surface area contributed by atoms with Gasteiger partial charge in [0.1, 0.15) is 7.80 Å². The Morgan fingerprint density at radius 2 is 0.800 bits per heavy atom. The summed E-state index contributed by atoms with van der Waals surface area (Å²) in [5.74, 6) is 0. The summed E-state index contributed by atoms with van der Waals surface area (Å²) in [6.45, 7) is 0. The molecule has 0 saturated carbocycles. The SMILES string of the molecule is O=[P](c1cccc2c1ccc1ccccc12)c1cccc2c1ccc1ccccc12. The van der Waals surface area contributed by atoms with E-state index < -0.39 is 7.80 Å². The maximum absolute atomic E-state index is 13.9. The molecule has 141 valence electrons. The molecule has 0 amide bonds. The lowest BCUT2D eigenvalue weighted by molar-refractivity contribution is 0.598. The molecule has 30 heavy (non-hydrogen) atoms. The Kier molecular flexibility index (Phi) is 3.91. The van der Waals surface area contributed by atoms with Crippen molar-refractivity contribution < 1.29 is 4.57 Å². The van der Waals surface area contributed by atoms with Crippen LogP contribution in [0.2, 0.25) is 0 Å². The van der Waals surface area contributed by atoms with E-state index >= 15 is 0 Å². The molecular formula is C28H18OP. The second kappa shape index (κ2) is 6.76. The molecule has 0 saturated heterocycles. The third-order valence-electron chi connectivity index (χ3n) is 5.96. The molecule has 6 aromatic carbocycles. The second-order valence-corrected chi connectivity index (χ2v) is 9.16. The zero-order valence-electron chi connectivity index (χ0n) is 16.2. The summed E-state index contributed by atoms with van der Waals surface area (Å²) in [6, 6.07) is 37.5. The molecule has 1 nitrogen and oxygen atoms in total. The van der Waals surface area contributed by atoms with Crippen LogP contribution in [0.25, 0.3) is 43.1 Å². The van der Waals surface area contributed by atoms with Crippen molar-refractivity contribution in [2.24, 2.45) is 0 Å². The molecule has 0 aliphatic carbocycles. The Bertz CT molecular complexity index is 1490. The number of benzene rings is 6. The Balaban J connectivity index is 1.62. The number of hydrogen-bond donors (Lipinski definition) is 0. The van der Waals surface area contributed by atoms with E-state index in [2.05, 4.69) is 84.9 Å². The Morgan fingerprint density at radius 1 is 0.367 bits per heavy atom. The van der Waals surface area contributed by atoms with Gasteiger partial charge >= 0.3 is 0 Å². The molecule has 0 atom stereocenters. The predicted octanol–water partition coefficient (Wildman–Crippen LogP) is 7.08. The second-order valence-electron chi connectivity index (χ2n) is 7.61. The minimum atomic E-state index is -1.73. The summed E-state index contributed by atoms with van der Waals surface area (Å²) >= 11 is 0. The maximum atomic E-state index is 13.9. The standard InChI is InChI=1S/C28H18OP/c29-30(27-13-5-11-23-21-9-3-1-7-19(21)15-17-25(23)27)28-14-6-12-24-22-10-4-2-8-20(22)16-18-26(24)28/h1-18H. The highest BCUT2D eigenvalue weighted by atomic mass is 31.1. The highest BCUT2D eigenvalue weighted by molar-refractivity contribution is 7.62. The highest BCUT2D eigenvalue weighted by Crippen LogP contribution is 2.33. The monoisotopic (exact) mass is 401 g/mol. The van der Waals surface area contributed by atoms with Crippen LogP contribution in [-0.4, -0.2) is 0 Å². The van der Waals surface area contributed by atoms with E-state index in [4.69, 9.17) is 0 Å². The van der Waals surface area contributed by atoms with Gasteiger partial charge in [0.25, 0.3) is 0 Å². The molecule has 0 unspecified atom stereocenters. The fourth-order valence-electron chi connectivity index (χ4n) is 4.53. The van der Waals surface area contributed by atoms with Gasteiger partial charge in [-0.1, -0.05) is 97.1 Å². The molecule has 0 bridgehead atoms. The van der Waals surface area contributed by atoms with Crippen LogP contribution in [0, 0.1) is 0 Å². The van der Waals surface area contributed by atoms with Crippen molar-refractivity contribution in [1.29, 1.82) is 0 Å². The zero-order valence-corrected chi connectivity index (χ0v) is 17.1. The summed E-state index contributed by atoms with van der Waals surface area (Å²) < 4.78 is 13.9. The molecule has 0 aliphatic rings. The van der Waals surface area contributed by atoms with Crippen molar-refractivity contribution in [2.45, 2.75) is 0 Å². The molecule has 0 aromatic heterocycles. The van der Waals surface area contributed by atoms with Gasteiger partial charge in [-0.2, -0.15) is 0 Å². The van der Waals surface area contributed by atoms with Gasteiger partial charge in [-0.15, -0.1) is 0 Å². The first kappa shape index (κ1) is 17.3. The number of fused-ring (bicyclic) bond motifs is 6. The Hall–Kier alpha value is -3.54. The van der Waals surface area contributed by atoms with Crippen molar-refractivity contribution in [1.82, 2.24) is 0 Å². The summed E-state index contributed by atoms with van der Waals surface area (Å²) in [4.78, 5) is 0. The van der Waals surface area contributed by atoms with Crippen molar-refractivity contribution in [3.8, 4) is 0 Å². The molecule has 0 heterocycles. The summed E-state index contributed by atoms with van der Waals surface area (Å²) in [5, 5.41) is 11.0. The van der Waals surface area contributed by atoms with Crippen LogP contribution in [-0.2, 0) is 4.57 Å². The maximum Gasteiger partial charge on any atom is 0.137 e. The van der Waals surface area contributed by atoms with E-state index in [1.165, 1.54) is 21.5 Å². The lowest BCUT2D eigenvalue weighted by Crippen LogP contribution is -2.09. The third kappa shape index (κ3) is 2.56. The molecule has 0 N–H and O–H groups in total. The van der Waals surface area contributed by atoms with E-state index in [1.807, 2.05) is 24.3 Å². The summed E-state index contributed by atoms with van der Waals surface area (Å²) in [5.41, 5.74) is 0. The van der Waals surface area contributed by atoms with Crippen LogP contribution in [0.3, 0.4) is 0 Å². The van der Waals surface area contributed by atoms with E-state index in [0.717, 1.165) is 32.2 Å². The predicted molar refractivity (Wildman–Crippen MR) is 130 cm³/mol. The van der Waals surface area contributed by atoms with Gasteiger partial charge in [-0.25, -0.2) is 0 Å². The third-order valence-corrected chi connectivity index (χ3v) is 7.62. The van der Waals surface area contributed by atoms with E-state index in [0.29, 0.717) is 0 Å². The normalized spacial score (nSPS) is 11.5. The van der Waals surface area contributed by atoms with E-state index in [-0.39, 0.29) is 0 Å². The molecular weight excluding hydrogens is 383 g/mol. The Morgan fingerprint density at radius 3 is 1.30 bits per heavy atom. The van der Waals surface area contributed by atoms with Gasteiger partial charge in [0.05, 0.1) is 0 Å². The average Bonchev–Trinajstić information content (AvgIpc) is 2.82. The number of rotatable bonds is 2. The van der Waals surface area contributed by atoms with Crippen LogP contribution < -0.4 is 10.6 Å². The minimum Gasteiger partial charge on any atom is -0.277 e. The van der Waals surface area contributed by atoms with Crippen LogP contribution in [0.1, 0.15) is 0 Å². The molecule has 6 aromatic rings. The first-order chi connectivity index (χ1) is 14.8. The van der Waals surface area contributed by atoms with E-state index in [1.54, 1.807) is 0 Å². The van der Waals surface area contributed by atoms with Crippen LogP contribution in [0.15, 0.2) is 109 Å². The fourth-order valence-corrected chi connectivity index (χ4v) is 6.06. The highest BCUT2D eigenvalue weighted by Gasteiger charge is 2.16. The van der Waals surface area contributed by atoms with Crippen molar-refractivity contribution >= 4 is 61.5 Å². The minimum absolute atomic E-state index is 0.897. The smallest absolute Gasteiger partial charge is 0.137 e. The average molecular weight is 401 g/mol. The van der Waals surface area contributed by atoms with Crippen molar-refractivity contribution in [2.75, 3.05) is 0 Å². The zero-order chi connectivity index (χ0) is 20.1. The first-order valence-corrected chi connectivity index (χ1v) is 11.4. The molecule has 2 heteroatoms. The molecule has 6 rings (SSSR count). The first-order valence-electron chi connectivity index (χ1n) is 10.1. The van der Waals surface area contributed by atoms with Crippen molar-refractivity contribution in [3.63, 3.8) is 0 Å². The van der Waals surface area contributed by atoms with E-state index in [9.17, 15) is 4.57 Å². The lowest BCUT2D eigenvalue weighted by atomic mass is 10.0. The van der Waals surface area contributed by atoms with Gasteiger partial charge in [0, 0.05) is 10.6 Å². The van der Waals surface area contributed by atoms with Gasteiger partial charge in [0.15, 0.2) is 0 Å². The molecule has 0 aliphatic heterocycles. The van der Waals surface area contributed by atoms with Crippen LogP contribution in [0.5, 0.6) is 0 Å². The summed E-state index contributed by atoms with van der Waals surface area (Å²) in [6.07, 6.45) is 0. The van der Waals surface area contributed by atoms with Gasteiger partial charge in [-0.05, 0) is 55.2 Å². The largest absolute Gasteiger partial charge is 0.277 e. The molecule has 0 spiro atoms. The van der Waals surface area contributed by atoms with Crippen LogP contribution >= 0.6 is 7.80 Å². The fraction of sp³-hybridized carbons (Fsp3) is 0. The quantitative estimate of drug-likeness (QED) is 0.224. The summed E-state index contributed by atoms with van der Waals surface area (Å²) in [7, 11) is -1.73. The van der Waals surface area contributed by atoms with Crippen molar-refractivity contribution in [3.05, 3.63) is 109 Å². The van der Waals surface area contributed by atoms with Crippen LogP contribution in [0.4, 0.5) is 0 Å². The van der Waals surface area contributed by atoms with Gasteiger partial charge < -0.3 is 0 Å². The number of hydrogen-bond acceptors (Lipinski definition) is 1. The topological polar surface area (TPSA) is 17.1 Å². The lowest BCUT2D eigenvalue weighted by Gasteiger charge is -2.12. The van der Waals surface area contributed by atoms with Gasteiger partial charge in [-0.3, -0.25) is 4.57 Å². The van der Waals surface area contributed by atoms with Gasteiger partial charge in [0.2, 0.25) is 0 Å². The Labute approximate surface area is 175 Å².